The van der Waals surface area contributed by atoms with Gasteiger partial charge in [-0.15, -0.1) is 0 Å². The van der Waals surface area contributed by atoms with Crippen LogP contribution in [-0.2, 0) is 14.3 Å². The summed E-state index contributed by atoms with van der Waals surface area (Å²) < 4.78 is 5.05. The van der Waals surface area contributed by atoms with E-state index in [-0.39, 0.29) is 5.56 Å². The highest BCUT2D eigenvalue weighted by Crippen LogP contribution is 2.24. The number of nitriles is 1. The summed E-state index contributed by atoms with van der Waals surface area (Å²) in [5, 5.41) is 20.0. The van der Waals surface area contributed by atoms with E-state index in [2.05, 4.69) is 0 Å². The summed E-state index contributed by atoms with van der Waals surface area (Å²) in [6.07, 6.45) is -1.26. The molecule has 0 radical (unpaired) electrons. The number of hydrogen-bond acceptors (Lipinski definition) is 6. The summed E-state index contributed by atoms with van der Waals surface area (Å²) in [5.41, 5.74) is 0.544. The summed E-state index contributed by atoms with van der Waals surface area (Å²) >= 11 is 0. The third kappa shape index (κ3) is 3.81. The number of carbonyl (C=O) groups excluding carboxylic acids is 2. The Morgan fingerprint density at radius 1 is 1.00 bits per heavy atom. The zero-order chi connectivity index (χ0) is 17.5. The van der Waals surface area contributed by atoms with E-state index >= 15 is 0 Å². The molecule has 0 aliphatic heterocycles. The van der Waals surface area contributed by atoms with Crippen molar-refractivity contribution >= 4 is 11.9 Å². The van der Waals surface area contributed by atoms with Crippen LogP contribution in [0.3, 0.4) is 0 Å². The Bertz CT molecular complexity index is 784. The zero-order valence-electron chi connectivity index (χ0n) is 12.4. The van der Waals surface area contributed by atoms with Crippen molar-refractivity contribution in [2.75, 3.05) is 0 Å². The van der Waals surface area contributed by atoms with Crippen LogP contribution in [0.2, 0.25) is 0 Å². The van der Waals surface area contributed by atoms with Crippen LogP contribution >= 0.6 is 0 Å². The van der Waals surface area contributed by atoms with Gasteiger partial charge in [0.05, 0.1) is 0 Å². The maximum atomic E-state index is 12.3. The lowest BCUT2D eigenvalue weighted by atomic mass is 9.98. The van der Waals surface area contributed by atoms with E-state index in [1.165, 1.54) is 12.1 Å². The van der Waals surface area contributed by atoms with E-state index in [1.54, 1.807) is 54.6 Å². The molecule has 0 aliphatic carbocycles. The molecule has 0 aromatic heterocycles. The molecule has 2 aromatic carbocycles. The Morgan fingerprint density at radius 2 is 1.50 bits per heavy atom. The van der Waals surface area contributed by atoms with Crippen LogP contribution in [0.25, 0.3) is 0 Å². The molecule has 2 aromatic rings. The minimum Gasteiger partial charge on any atom is -0.441 e. The molecule has 0 N–H and O–H groups in total. The second-order valence-corrected chi connectivity index (χ2v) is 4.80. The highest BCUT2D eigenvalue weighted by molar-refractivity contribution is 6.00. The van der Waals surface area contributed by atoms with Crippen molar-refractivity contribution in [2.45, 2.75) is 12.0 Å². The van der Waals surface area contributed by atoms with Crippen molar-refractivity contribution in [1.82, 2.24) is 0 Å². The van der Waals surface area contributed by atoms with Gasteiger partial charge >= 0.3 is 11.9 Å². The van der Waals surface area contributed by atoms with Gasteiger partial charge in [-0.3, -0.25) is 14.9 Å². The standard InChI is InChI=1S/C17H12N2O5/c18-11-14(12-7-3-1-4-8-12)24-17(21)15(16(20)19(22)23)13-9-5-2-6-10-13/h1-10,14-15H. The van der Waals surface area contributed by atoms with Crippen LogP contribution in [0, 0.1) is 21.4 Å². The van der Waals surface area contributed by atoms with Crippen LogP contribution in [0.15, 0.2) is 60.7 Å². The van der Waals surface area contributed by atoms with Gasteiger partial charge in [0, 0.05) is 5.56 Å². The Hall–Kier alpha value is -3.53. The molecule has 2 unspecified atom stereocenters. The van der Waals surface area contributed by atoms with E-state index in [0.29, 0.717) is 5.56 Å². The first-order valence-corrected chi connectivity index (χ1v) is 6.93. The molecule has 0 saturated heterocycles. The predicted molar refractivity (Wildman–Crippen MR) is 82.1 cm³/mol. The topological polar surface area (TPSA) is 110 Å². The molecule has 7 heteroatoms. The molecular weight excluding hydrogens is 312 g/mol. The second-order valence-electron chi connectivity index (χ2n) is 4.80. The molecule has 120 valence electrons. The maximum absolute atomic E-state index is 12.3. The Kier molecular flexibility index (Phi) is 5.36. The summed E-state index contributed by atoms with van der Waals surface area (Å²) in [7, 11) is 0. The van der Waals surface area contributed by atoms with E-state index in [0.717, 1.165) is 0 Å². The van der Waals surface area contributed by atoms with Crippen molar-refractivity contribution in [3.63, 3.8) is 0 Å². The van der Waals surface area contributed by atoms with Gasteiger partial charge in [0.15, 0.2) is 0 Å². The summed E-state index contributed by atoms with van der Waals surface area (Å²) in [5.74, 6) is -4.37. The number of esters is 1. The average molecular weight is 324 g/mol. The van der Waals surface area contributed by atoms with Crippen LogP contribution in [0.5, 0.6) is 0 Å². The molecule has 0 heterocycles. The minimum absolute atomic E-state index is 0.133. The van der Waals surface area contributed by atoms with Crippen molar-refractivity contribution in [2.24, 2.45) is 0 Å². The quantitative estimate of drug-likeness (QED) is 0.361. The van der Waals surface area contributed by atoms with Gasteiger partial charge in [-0.1, -0.05) is 60.7 Å². The summed E-state index contributed by atoms with van der Waals surface area (Å²) in [4.78, 5) is 33.8. The molecule has 24 heavy (non-hydrogen) atoms. The lowest BCUT2D eigenvalue weighted by Crippen LogP contribution is -2.30. The third-order valence-corrected chi connectivity index (χ3v) is 3.25. The molecule has 1 amide bonds. The zero-order valence-corrected chi connectivity index (χ0v) is 12.4. The maximum Gasteiger partial charge on any atom is 0.463 e. The minimum atomic E-state index is -1.72. The molecule has 0 saturated carbocycles. The number of hydrogen-bond donors (Lipinski definition) is 0. The van der Waals surface area contributed by atoms with Gasteiger partial charge in [0.2, 0.25) is 12.0 Å². The van der Waals surface area contributed by atoms with Crippen LogP contribution in [0.4, 0.5) is 0 Å². The fourth-order valence-corrected chi connectivity index (χ4v) is 2.11. The number of rotatable bonds is 5. The fourth-order valence-electron chi connectivity index (χ4n) is 2.11. The van der Waals surface area contributed by atoms with E-state index in [4.69, 9.17) is 4.74 Å². The number of nitro groups is 1. The van der Waals surface area contributed by atoms with Gasteiger partial charge in [-0.25, -0.2) is 4.79 Å². The highest BCUT2D eigenvalue weighted by Gasteiger charge is 2.40. The largest absolute Gasteiger partial charge is 0.463 e. The van der Waals surface area contributed by atoms with Crippen molar-refractivity contribution in [3.05, 3.63) is 81.9 Å². The van der Waals surface area contributed by atoms with E-state index in [1.807, 2.05) is 0 Å². The normalized spacial score (nSPS) is 12.5. The lowest BCUT2D eigenvalue weighted by Gasteiger charge is -2.15. The number of nitrogens with zero attached hydrogens (tertiary/aromatic N) is 2. The van der Waals surface area contributed by atoms with Crippen LogP contribution < -0.4 is 0 Å². The molecule has 0 spiro atoms. The first kappa shape index (κ1) is 16.8. The fraction of sp³-hybridized carbons (Fsp3) is 0.118. The third-order valence-electron chi connectivity index (χ3n) is 3.25. The first-order valence-electron chi connectivity index (χ1n) is 6.93. The van der Waals surface area contributed by atoms with Gasteiger partial charge in [0.1, 0.15) is 11.0 Å². The van der Waals surface area contributed by atoms with Crippen molar-refractivity contribution in [3.8, 4) is 6.07 Å². The smallest absolute Gasteiger partial charge is 0.441 e. The highest BCUT2D eigenvalue weighted by atomic mass is 16.6. The first-order chi connectivity index (χ1) is 11.5. The summed E-state index contributed by atoms with van der Waals surface area (Å²) in [6.45, 7) is 0. The van der Waals surface area contributed by atoms with Crippen molar-refractivity contribution < 1.29 is 19.2 Å². The number of benzene rings is 2. The molecular formula is C17H12N2O5. The summed E-state index contributed by atoms with van der Waals surface area (Å²) in [6, 6.07) is 17.6. The van der Waals surface area contributed by atoms with Gasteiger partial charge in [-0.05, 0) is 5.56 Å². The Balaban J connectivity index is 2.30. The van der Waals surface area contributed by atoms with Crippen molar-refractivity contribution in [1.29, 1.82) is 5.26 Å². The molecule has 0 aliphatic rings. The molecule has 2 rings (SSSR count). The monoisotopic (exact) mass is 324 g/mol. The van der Waals surface area contributed by atoms with Crippen LogP contribution in [-0.4, -0.2) is 16.8 Å². The predicted octanol–water partition coefficient (Wildman–Crippen LogP) is 2.38. The number of amides is 1. The van der Waals surface area contributed by atoms with Gasteiger partial charge in [0.25, 0.3) is 0 Å². The number of ether oxygens (including phenoxy) is 1. The van der Waals surface area contributed by atoms with Crippen LogP contribution in [0.1, 0.15) is 23.1 Å². The number of carbonyl (C=O) groups is 2. The molecule has 0 fully saturated rings. The second kappa shape index (κ2) is 7.65. The van der Waals surface area contributed by atoms with E-state index in [9.17, 15) is 25.0 Å². The van der Waals surface area contributed by atoms with Gasteiger partial charge < -0.3 is 4.74 Å². The lowest BCUT2D eigenvalue weighted by molar-refractivity contribution is -0.403. The molecule has 0 bridgehead atoms. The van der Waals surface area contributed by atoms with E-state index < -0.39 is 28.8 Å². The Morgan fingerprint density at radius 3 is 1.96 bits per heavy atom. The SMILES string of the molecule is N#CC(OC(=O)C(C(=O)[N+](=O)[O-])c1ccccc1)c1ccccc1. The molecule has 7 nitrogen and oxygen atoms in total. The molecule has 2 atom stereocenters. The Labute approximate surface area is 137 Å². The van der Waals surface area contributed by atoms with Gasteiger partial charge in [-0.2, -0.15) is 5.26 Å². The average Bonchev–Trinajstić information content (AvgIpc) is 2.61.